The Labute approximate surface area is 115 Å². The van der Waals surface area contributed by atoms with Gasteiger partial charge in [0.05, 0.1) is 6.42 Å². The summed E-state index contributed by atoms with van der Waals surface area (Å²) in [7, 11) is 0. The lowest BCUT2D eigenvalue weighted by Crippen LogP contribution is -2.58. The average molecular weight is 290 g/mol. The first kappa shape index (κ1) is 13.7. The van der Waals surface area contributed by atoms with E-state index in [1.54, 1.807) is 6.92 Å². The fraction of sp³-hybridized carbons (Fsp3) is 0.455. The molecule has 1 aliphatic heterocycles. The van der Waals surface area contributed by atoms with Crippen molar-refractivity contribution in [2.75, 3.05) is 6.67 Å². The van der Waals surface area contributed by atoms with Gasteiger partial charge >= 0.3 is 0 Å². The van der Waals surface area contributed by atoms with Crippen molar-refractivity contribution in [3.05, 3.63) is 39.5 Å². The quantitative estimate of drug-likeness (QED) is 0.665. The van der Waals surface area contributed by atoms with E-state index in [4.69, 9.17) is 24.4 Å². The van der Waals surface area contributed by atoms with Gasteiger partial charge in [-0.25, -0.2) is 9.71 Å². The van der Waals surface area contributed by atoms with Crippen molar-refractivity contribution in [3.63, 3.8) is 0 Å². The fourth-order valence-electron chi connectivity index (χ4n) is 1.89. The summed E-state index contributed by atoms with van der Waals surface area (Å²) >= 11 is 11.1. The second-order valence-electron chi connectivity index (χ2n) is 4.24. The predicted molar refractivity (Wildman–Crippen MR) is 69.2 cm³/mol. The Morgan fingerprint density at radius 2 is 2.39 bits per heavy atom. The number of hydrogen-bond acceptors (Lipinski definition) is 4. The SMILES string of the molecule is CC1NCN([S-])C(Cc2cc(F)ccc2Cl)[N+]1=O. The third kappa shape index (κ3) is 2.83. The molecule has 1 fully saturated rings. The maximum atomic E-state index is 13.2. The third-order valence-electron chi connectivity index (χ3n) is 2.96. The van der Waals surface area contributed by atoms with Crippen molar-refractivity contribution in [2.45, 2.75) is 25.7 Å². The average Bonchev–Trinajstić information content (AvgIpc) is 2.34. The van der Waals surface area contributed by atoms with Gasteiger partial charge in [0.25, 0.3) is 6.17 Å². The zero-order valence-corrected chi connectivity index (χ0v) is 11.3. The highest BCUT2D eigenvalue weighted by Crippen LogP contribution is 2.21. The van der Waals surface area contributed by atoms with Gasteiger partial charge in [0.2, 0.25) is 6.17 Å². The van der Waals surface area contributed by atoms with E-state index in [1.807, 2.05) is 0 Å². The van der Waals surface area contributed by atoms with Crippen LogP contribution in [-0.2, 0) is 19.2 Å². The number of nitrogens with zero attached hydrogens (tertiary/aromatic N) is 2. The second-order valence-corrected chi connectivity index (χ2v) is 5.11. The van der Waals surface area contributed by atoms with E-state index in [9.17, 15) is 9.30 Å². The van der Waals surface area contributed by atoms with Gasteiger partial charge < -0.3 is 17.1 Å². The minimum atomic E-state index is -0.518. The van der Waals surface area contributed by atoms with E-state index < -0.39 is 6.17 Å². The van der Waals surface area contributed by atoms with E-state index in [2.05, 4.69) is 5.32 Å². The monoisotopic (exact) mass is 289 g/mol. The van der Waals surface area contributed by atoms with Crippen LogP contribution in [0.2, 0.25) is 5.02 Å². The van der Waals surface area contributed by atoms with Crippen molar-refractivity contribution in [3.8, 4) is 0 Å². The van der Waals surface area contributed by atoms with Crippen LogP contribution < -0.4 is 5.32 Å². The van der Waals surface area contributed by atoms with Gasteiger partial charge in [0.15, 0.2) is 0 Å². The molecular formula is C11H13ClFN3OS. The van der Waals surface area contributed by atoms with E-state index >= 15 is 0 Å². The van der Waals surface area contributed by atoms with Crippen molar-refractivity contribution in [1.29, 1.82) is 0 Å². The number of halogens is 2. The van der Waals surface area contributed by atoms with E-state index in [-0.39, 0.29) is 12.0 Å². The number of hydrogen-bond donors (Lipinski definition) is 1. The highest BCUT2D eigenvalue weighted by Gasteiger charge is 2.35. The summed E-state index contributed by atoms with van der Waals surface area (Å²) in [6, 6.07) is 4.11. The maximum absolute atomic E-state index is 13.2. The van der Waals surface area contributed by atoms with Gasteiger partial charge in [0.1, 0.15) is 5.82 Å². The Morgan fingerprint density at radius 3 is 3.11 bits per heavy atom. The van der Waals surface area contributed by atoms with Gasteiger partial charge in [-0.1, -0.05) is 11.6 Å². The third-order valence-corrected chi connectivity index (χ3v) is 3.70. The molecule has 1 N–H and O–H groups in total. The molecule has 1 aromatic rings. The summed E-state index contributed by atoms with van der Waals surface area (Å²) in [4.78, 5) is 11.9. The van der Waals surface area contributed by atoms with Crippen molar-refractivity contribution in [1.82, 2.24) is 9.62 Å². The molecule has 0 saturated carbocycles. The normalized spacial score (nSPS) is 25.4. The Hall–Kier alpha value is -0.690. The Balaban J connectivity index is 2.21. The fourth-order valence-corrected chi connectivity index (χ4v) is 2.33. The molecule has 2 rings (SSSR count). The number of rotatable bonds is 2. The summed E-state index contributed by atoms with van der Waals surface area (Å²) in [6.45, 7) is 2.20. The lowest BCUT2D eigenvalue weighted by atomic mass is 10.1. The smallest absolute Gasteiger partial charge is 0.254 e. The zero-order valence-electron chi connectivity index (χ0n) is 9.77. The molecule has 18 heavy (non-hydrogen) atoms. The van der Waals surface area contributed by atoms with E-state index in [0.29, 0.717) is 23.7 Å². The molecule has 2 atom stereocenters. The lowest BCUT2D eigenvalue weighted by molar-refractivity contribution is -0.649. The molecule has 2 unspecified atom stereocenters. The van der Waals surface area contributed by atoms with Gasteiger partial charge in [-0.05, 0) is 23.8 Å². The maximum Gasteiger partial charge on any atom is 0.254 e. The summed E-state index contributed by atoms with van der Waals surface area (Å²) < 4.78 is 15.5. The highest BCUT2D eigenvalue weighted by molar-refractivity contribution is 7.55. The van der Waals surface area contributed by atoms with Crippen molar-refractivity contribution >= 4 is 24.4 Å². The predicted octanol–water partition coefficient (Wildman–Crippen LogP) is 1.80. The second kappa shape index (κ2) is 5.52. The van der Waals surface area contributed by atoms with Crippen LogP contribution in [0.1, 0.15) is 12.5 Å². The largest absolute Gasteiger partial charge is 0.694 e. The zero-order chi connectivity index (χ0) is 13.3. The van der Waals surface area contributed by atoms with Gasteiger partial charge in [0, 0.05) is 28.3 Å². The molecule has 0 radical (unpaired) electrons. The highest BCUT2D eigenvalue weighted by atomic mass is 35.5. The van der Waals surface area contributed by atoms with E-state index in [1.165, 1.54) is 22.5 Å². The molecule has 1 aliphatic rings. The molecule has 4 nitrogen and oxygen atoms in total. The van der Waals surface area contributed by atoms with Crippen LogP contribution in [0.15, 0.2) is 18.2 Å². The number of nitrogens with one attached hydrogen (secondary N) is 1. The van der Waals surface area contributed by atoms with Gasteiger partial charge in [-0.3, -0.25) is 0 Å². The van der Waals surface area contributed by atoms with Gasteiger partial charge in [-0.15, -0.1) is 0 Å². The molecule has 7 heteroatoms. The van der Waals surface area contributed by atoms with Gasteiger partial charge in [-0.2, -0.15) is 0 Å². The molecule has 0 aromatic heterocycles. The first-order valence-corrected chi connectivity index (χ1v) is 6.30. The van der Waals surface area contributed by atoms with Crippen LogP contribution in [0.25, 0.3) is 0 Å². The minimum absolute atomic E-state index is 0.301. The lowest BCUT2D eigenvalue weighted by Gasteiger charge is -2.37. The minimum Gasteiger partial charge on any atom is -0.694 e. The van der Waals surface area contributed by atoms with Crippen LogP contribution in [-0.4, -0.2) is 28.1 Å². The summed E-state index contributed by atoms with van der Waals surface area (Å²) in [5.74, 6) is -0.371. The molecule has 1 saturated heterocycles. The molecule has 0 spiro atoms. The molecule has 0 amide bonds. The molecular weight excluding hydrogens is 277 g/mol. The first-order valence-electron chi connectivity index (χ1n) is 5.55. The Morgan fingerprint density at radius 1 is 1.67 bits per heavy atom. The molecule has 0 aliphatic carbocycles. The standard InChI is InChI=1S/C11H13ClFN3OS/c1-7-14-6-15(18)11(16(7)17)5-8-4-9(13)2-3-10(8)12/h2-4,7,11,14H,5-6H2,1H3. The number of nitroso groups, excluding NO2 is 1. The van der Waals surface area contributed by atoms with Crippen LogP contribution in [0.4, 0.5) is 4.39 Å². The van der Waals surface area contributed by atoms with Crippen LogP contribution in [0, 0.1) is 10.7 Å². The van der Waals surface area contributed by atoms with E-state index in [0.717, 1.165) is 4.76 Å². The summed E-state index contributed by atoms with van der Waals surface area (Å²) in [5, 5.41) is 3.40. The van der Waals surface area contributed by atoms with Crippen molar-refractivity contribution < 1.29 is 9.15 Å². The number of benzene rings is 1. The Kier molecular flexibility index (Phi) is 4.21. The van der Waals surface area contributed by atoms with Crippen LogP contribution in [0.3, 0.4) is 0 Å². The molecule has 1 aromatic carbocycles. The summed E-state index contributed by atoms with van der Waals surface area (Å²) in [6.07, 6.45) is -0.535. The van der Waals surface area contributed by atoms with Crippen LogP contribution >= 0.6 is 11.6 Å². The van der Waals surface area contributed by atoms with Crippen LogP contribution in [0.5, 0.6) is 0 Å². The molecule has 98 valence electrons. The summed E-state index contributed by atoms with van der Waals surface area (Å²) in [5.41, 5.74) is 0.589. The Bertz CT molecular complexity index is 474. The van der Waals surface area contributed by atoms with Crippen molar-refractivity contribution in [2.24, 2.45) is 0 Å². The first-order chi connectivity index (χ1) is 8.49. The topological polar surface area (TPSA) is 35.4 Å². The molecule has 1 heterocycles. The molecule has 0 bridgehead atoms.